The van der Waals surface area contributed by atoms with Gasteiger partial charge in [-0.2, -0.15) is 20.4 Å². The minimum Gasteiger partial charge on any atom is -0.476 e. The fourth-order valence-corrected chi connectivity index (χ4v) is 9.82. The van der Waals surface area contributed by atoms with E-state index in [1.807, 2.05) is 21.8 Å². The van der Waals surface area contributed by atoms with Crippen molar-refractivity contribution in [2.75, 3.05) is 44.1 Å². The van der Waals surface area contributed by atoms with Crippen LogP contribution in [0.5, 0.6) is 0 Å². The Morgan fingerprint density at radius 2 is 1.46 bits per heavy atom. The number of hydrogen-bond donors (Lipinski definition) is 4. The number of carbonyl (C=O) groups is 2. The first-order valence-corrected chi connectivity index (χ1v) is 26.8. The fraction of sp³-hybridized carbons (Fsp3) is 0.696. The summed E-state index contributed by atoms with van der Waals surface area (Å²) >= 11 is 0. The van der Waals surface area contributed by atoms with Gasteiger partial charge in [0.1, 0.15) is 6.73 Å². The Bertz CT molecular complexity index is 2120. The lowest BCUT2D eigenvalue weighted by atomic mass is 9.76. The van der Waals surface area contributed by atoms with Crippen molar-refractivity contribution < 1.29 is 28.9 Å². The highest BCUT2D eigenvalue weighted by Crippen LogP contribution is 2.37. The second kappa shape index (κ2) is 20.7. The molecule has 2 saturated heterocycles. The summed E-state index contributed by atoms with van der Waals surface area (Å²) in [4.78, 5) is 24.1. The van der Waals surface area contributed by atoms with E-state index in [0.29, 0.717) is 42.0 Å². The molecule has 2 unspecified atom stereocenters. The van der Waals surface area contributed by atoms with Gasteiger partial charge in [-0.05, 0) is 107 Å². The average molecular weight is 891 g/mol. The van der Waals surface area contributed by atoms with Crippen molar-refractivity contribution in [1.29, 1.82) is 0 Å². The summed E-state index contributed by atoms with van der Waals surface area (Å²) in [5, 5.41) is 32.7. The first-order chi connectivity index (χ1) is 29.8. The zero-order valence-corrected chi connectivity index (χ0v) is 40.3. The standard InChI is InChI=1S/C20H29N5O2.C16H28N2O3Si.C10H17N3O/c1-13(14-5-8-27-9-6-14)25-12-15(11-21-25)22-19(26)18-16-4-7-20(2,3)10-17(16)23-24-18;1-16(2)7-6-12-13(10-16)18(17-14(12)15(19)20)11-21-8-9-22(3,4)5;1-8(9-2-4-14-5-3-9)13-7-10(11)6-12-13/h11-14H,4-10H2,1-3H3,(H,22,26)(H,23,24);6-11H2,1-5H3,(H,19,20);6-9H,2-5,11H2,1H3. The van der Waals surface area contributed by atoms with E-state index in [1.165, 1.54) is 0 Å². The number of nitrogens with two attached hydrogens (primary N) is 1. The van der Waals surface area contributed by atoms with Gasteiger partial charge in [0.05, 0.1) is 35.9 Å². The molecule has 4 aliphatic rings. The van der Waals surface area contributed by atoms with Crippen LogP contribution in [0.15, 0.2) is 24.8 Å². The van der Waals surface area contributed by atoms with Crippen LogP contribution in [0.3, 0.4) is 0 Å². The number of carboxylic acid groups (broad SMARTS) is 1. The van der Waals surface area contributed by atoms with Crippen molar-refractivity contribution in [2.24, 2.45) is 22.7 Å². The van der Waals surface area contributed by atoms with Gasteiger partial charge in [-0.25, -0.2) is 9.48 Å². The molecule has 6 heterocycles. The Labute approximate surface area is 374 Å². The highest BCUT2D eigenvalue weighted by molar-refractivity contribution is 6.76. The Balaban J connectivity index is 0.000000165. The summed E-state index contributed by atoms with van der Waals surface area (Å²) in [5.74, 6) is 0.134. The molecule has 348 valence electrons. The molecule has 8 rings (SSSR count). The minimum absolute atomic E-state index is 0.162. The average Bonchev–Trinajstić information content (AvgIpc) is 4.05. The smallest absolute Gasteiger partial charge is 0.356 e. The molecule has 16 nitrogen and oxygen atoms in total. The van der Waals surface area contributed by atoms with Gasteiger partial charge < -0.3 is 30.4 Å². The molecule has 0 spiro atoms. The second-order valence-electron chi connectivity index (χ2n) is 20.9. The fourth-order valence-electron chi connectivity index (χ4n) is 9.06. The number of nitrogen functional groups attached to an aromatic ring is 1. The zero-order chi connectivity index (χ0) is 45.5. The van der Waals surface area contributed by atoms with Crippen LogP contribution in [-0.2, 0) is 46.6 Å². The normalized spacial score (nSPS) is 19.6. The summed E-state index contributed by atoms with van der Waals surface area (Å²) in [7, 11) is -1.11. The molecular formula is C46H74N10O6Si. The lowest BCUT2D eigenvalue weighted by Crippen LogP contribution is -2.25. The Kier molecular flexibility index (Phi) is 15.8. The number of hydrogen-bond acceptors (Lipinski definition) is 10. The number of carboxylic acids is 1. The van der Waals surface area contributed by atoms with Crippen LogP contribution in [0.2, 0.25) is 25.7 Å². The monoisotopic (exact) mass is 891 g/mol. The molecule has 0 radical (unpaired) electrons. The van der Waals surface area contributed by atoms with Crippen LogP contribution >= 0.6 is 0 Å². The summed E-state index contributed by atoms with van der Waals surface area (Å²) in [5.41, 5.74) is 12.4. The van der Waals surface area contributed by atoms with E-state index in [1.54, 1.807) is 17.1 Å². The minimum atomic E-state index is -1.11. The molecule has 5 N–H and O–H groups in total. The van der Waals surface area contributed by atoms with Gasteiger partial charge >= 0.3 is 5.97 Å². The third-order valence-corrected chi connectivity index (χ3v) is 15.1. The predicted molar refractivity (Wildman–Crippen MR) is 247 cm³/mol. The number of nitrogens with zero attached hydrogens (tertiary/aromatic N) is 7. The predicted octanol–water partition coefficient (Wildman–Crippen LogP) is 8.22. The van der Waals surface area contributed by atoms with E-state index in [2.05, 4.69) is 92.0 Å². The second-order valence-corrected chi connectivity index (χ2v) is 26.6. The molecule has 4 aromatic heterocycles. The molecule has 2 atom stereocenters. The highest BCUT2D eigenvalue weighted by atomic mass is 28.3. The molecule has 0 aromatic carbocycles. The maximum atomic E-state index is 12.7. The van der Waals surface area contributed by atoms with Crippen LogP contribution in [0.1, 0.15) is 136 Å². The van der Waals surface area contributed by atoms with Crippen molar-refractivity contribution in [3.05, 3.63) is 58.7 Å². The first kappa shape index (κ1) is 48.1. The Morgan fingerprint density at radius 1 is 0.889 bits per heavy atom. The van der Waals surface area contributed by atoms with E-state index in [-0.39, 0.29) is 22.4 Å². The Hall–Kier alpha value is -4.32. The molecule has 1 amide bonds. The summed E-state index contributed by atoms with van der Waals surface area (Å²) in [6.07, 6.45) is 17.2. The van der Waals surface area contributed by atoms with Crippen LogP contribution < -0.4 is 11.1 Å². The van der Waals surface area contributed by atoms with Gasteiger partial charge in [-0.15, -0.1) is 0 Å². The molecule has 0 saturated carbocycles. The van der Waals surface area contributed by atoms with Crippen LogP contribution in [0.4, 0.5) is 11.4 Å². The SMILES string of the molecule is CC(C1CCOCC1)n1cc(N)cn1.CC(C1CCOCC1)n1cc(NC(=O)c2n[nH]c3c2CCC(C)(C)C3)cn1.CC1(C)CCc2c(C(=O)O)nn(COCC[Si](C)(C)C)c2C1. The maximum absolute atomic E-state index is 12.7. The van der Waals surface area contributed by atoms with Gasteiger partial charge in [-0.3, -0.25) is 19.3 Å². The third kappa shape index (κ3) is 13.1. The molecule has 17 heteroatoms. The number of H-pyrrole nitrogens is 1. The third-order valence-electron chi connectivity index (χ3n) is 13.4. The van der Waals surface area contributed by atoms with Crippen molar-refractivity contribution in [3.8, 4) is 0 Å². The number of aromatic carboxylic acids is 1. The van der Waals surface area contributed by atoms with Crippen molar-refractivity contribution >= 4 is 31.3 Å². The number of aromatic nitrogens is 8. The summed E-state index contributed by atoms with van der Waals surface area (Å²) in [6, 6.07) is 1.82. The van der Waals surface area contributed by atoms with Crippen molar-refractivity contribution in [3.63, 3.8) is 0 Å². The highest BCUT2D eigenvalue weighted by Gasteiger charge is 2.34. The van der Waals surface area contributed by atoms with Gasteiger partial charge in [0.15, 0.2) is 11.4 Å². The Morgan fingerprint density at radius 3 is 2.03 bits per heavy atom. The van der Waals surface area contributed by atoms with Crippen LogP contribution in [0, 0.1) is 22.7 Å². The van der Waals surface area contributed by atoms with Gasteiger partial charge in [0, 0.05) is 76.0 Å². The van der Waals surface area contributed by atoms with Gasteiger partial charge in [0.25, 0.3) is 5.91 Å². The number of nitrogens with one attached hydrogen (secondary N) is 2. The lowest BCUT2D eigenvalue weighted by molar-refractivity contribution is 0.0495. The van der Waals surface area contributed by atoms with Gasteiger partial charge in [0.2, 0.25) is 0 Å². The summed E-state index contributed by atoms with van der Waals surface area (Å²) < 4.78 is 22.2. The number of carbonyl (C=O) groups excluding carboxylic acids is 1. The lowest BCUT2D eigenvalue weighted by Gasteiger charge is -2.30. The largest absolute Gasteiger partial charge is 0.476 e. The van der Waals surface area contributed by atoms with Crippen molar-refractivity contribution in [1.82, 2.24) is 39.5 Å². The number of aromatic amines is 1. The number of fused-ring (bicyclic) bond motifs is 2. The number of amides is 1. The van der Waals surface area contributed by atoms with E-state index < -0.39 is 14.0 Å². The summed E-state index contributed by atoms with van der Waals surface area (Å²) in [6.45, 7) is 24.8. The number of anilines is 2. The molecular weight excluding hydrogens is 817 g/mol. The molecule has 63 heavy (non-hydrogen) atoms. The molecule has 2 aliphatic carbocycles. The molecule has 4 aromatic rings. The first-order valence-electron chi connectivity index (χ1n) is 23.1. The van der Waals surface area contributed by atoms with Crippen molar-refractivity contribution in [2.45, 2.75) is 150 Å². The van der Waals surface area contributed by atoms with E-state index in [0.717, 1.165) is 131 Å². The van der Waals surface area contributed by atoms with Crippen LogP contribution in [-0.4, -0.2) is 97.6 Å². The molecule has 2 fully saturated rings. The zero-order valence-electron chi connectivity index (χ0n) is 39.3. The topological polar surface area (TPSA) is 202 Å². The molecule has 2 aliphatic heterocycles. The van der Waals surface area contributed by atoms with Gasteiger partial charge in [-0.1, -0.05) is 47.3 Å². The maximum Gasteiger partial charge on any atom is 0.356 e. The number of rotatable bonds is 12. The van der Waals surface area contributed by atoms with E-state index in [4.69, 9.17) is 19.9 Å². The quantitative estimate of drug-likeness (QED) is 0.0789. The number of ether oxygens (including phenoxy) is 3. The molecule has 0 bridgehead atoms. The van der Waals surface area contributed by atoms with E-state index in [9.17, 15) is 14.7 Å². The van der Waals surface area contributed by atoms with E-state index >= 15 is 0 Å². The van der Waals surface area contributed by atoms with Crippen LogP contribution in [0.25, 0.3) is 0 Å².